The number of aryl methyl sites for hydroxylation is 1. The van der Waals surface area contributed by atoms with Crippen LogP contribution >= 0.6 is 0 Å². The summed E-state index contributed by atoms with van der Waals surface area (Å²) in [5, 5.41) is 11.4. The lowest BCUT2D eigenvalue weighted by atomic mass is 9.95. The number of carbonyl (C=O) groups is 2. The van der Waals surface area contributed by atoms with Crippen LogP contribution in [0.1, 0.15) is 42.1 Å². The second-order valence-corrected chi connectivity index (χ2v) is 9.59. The Bertz CT molecular complexity index is 1330. The summed E-state index contributed by atoms with van der Waals surface area (Å²) in [4.78, 5) is 30.3. The first-order chi connectivity index (χ1) is 18.9. The number of hydrogen-bond donors (Lipinski definition) is 1. The number of likely N-dealkylation sites (tertiary alicyclic amines) is 1. The van der Waals surface area contributed by atoms with E-state index >= 15 is 0 Å². The Balaban J connectivity index is 1.64. The molecule has 3 aromatic rings. The van der Waals surface area contributed by atoms with Crippen LogP contribution in [0.3, 0.4) is 0 Å². The fourth-order valence-corrected chi connectivity index (χ4v) is 4.87. The number of Topliss-reactive ketones (excluding diaryl/α,β-unsaturated/α-hetero) is 1. The number of carbonyl (C=O) groups excluding carboxylic acids is 2. The molecule has 3 aromatic carbocycles. The van der Waals surface area contributed by atoms with Gasteiger partial charge in [-0.05, 0) is 67.5 Å². The minimum absolute atomic E-state index is 0.0816. The number of amides is 1. The quantitative estimate of drug-likeness (QED) is 0.205. The van der Waals surface area contributed by atoms with Crippen LogP contribution in [-0.2, 0) is 16.2 Å². The maximum absolute atomic E-state index is 13.3. The second-order valence-electron chi connectivity index (χ2n) is 9.59. The summed E-state index contributed by atoms with van der Waals surface area (Å²) in [6.45, 7) is 9.25. The molecule has 204 valence electrons. The minimum atomic E-state index is -0.705. The summed E-state index contributed by atoms with van der Waals surface area (Å²) in [6, 6.07) is 21.6. The summed E-state index contributed by atoms with van der Waals surface area (Å²) in [7, 11) is 1.58. The van der Waals surface area contributed by atoms with E-state index in [1.54, 1.807) is 48.4 Å². The average molecular weight is 529 g/mol. The SMILES string of the molecule is CCN(CC)CCN1C(=O)C(=O)C(=C(O)c2ccc(OCc3cccc(C)c3)cc2)[C@@H]1c1ccc(OC)cc1. The smallest absolute Gasteiger partial charge is 0.295 e. The molecule has 1 saturated heterocycles. The second kappa shape index (κ2) is 12.6. The highest BCUT2D eigenvalue weighted by molar-refractivity contribution is 6.46. The maximum Gasteiger partial charge on any atom is 0.295 e. The molecule has 1 heterocycles. The van der Waals surface area contributed by atoms with Crippen LogP contribution in [-0.4, -0.2) is 59.9 Å². The molecule has 7 nitrogen and oxygen atoms in total. The summed E-state index contributed by atoms with van der Waals surface area (Å²) in [5.74, 6) is -0.195. The number of aliphatic hydroxyl groups excluding tert-OH is 1. The zero-order chi connectivity index (χ0) is 27.9. The van der Waals surface area contributed by atoms with Crippen LogP contribution < -0.4 is 9.47 Å². The zero-order valence-electron chi connectivity index (χ0n) is 23.0. The molecule has 1 aliphatic rings. The molecular weight excluding hydrogens is 492 g/mol. The fraction of sp³-hybridized carbons (Fsp3) is 0.312. The Morgan fingerprint density at radius 2 is 1.62 bits per heavy atom. The van der Waals surface area contributed by atoms with Crippen LogP contribution in [0.15, 0.2) is 78.4 Å². The van der Waals surface area contributed by atoms with Crippen LogP contribution in [0.4, 0.5) is 0 Å². The lowest BCUT2D eigenvalue weighted by Crippen LogP contribution is -2.38. The van der Waals surface area contributed by atoms with Crippen LogP contribution in [0.2, 0.25) is 0 Å². The van der Waals surface area contributed by atoms with Gasteiger partial charge in [-0.3, -0.25) is 9.59 Å². The summed E-state index contributed by atoms with van der Waals surface area (Å²) < 4.78 is 11.2. The van der Waals surface area contributed by atoms with Gasteiger partial charge in [0.2, 0.25) is 0 Å². The van der Waals surface area contributed by atoms with E-state index in [1.807, 2.05) is 37.3 Å². The third kappa shape index (κ3) is 6.32. The largest absolute Gasteiger partial charge is 0.507 e. The Morgan fingerprint density at radius 1 is 0.949 bits per heavy atom. The highest BCUT2D eigenvalue weighted by Gasteiger charge is 2.46. The molecule has 0 bridgehead atoms. The van der Waals surface area contributed by atoms with Crippen molar-refractivity contribution in [3.8, 4) is 11.5 Å². The number of methoxy groups -OCH3 is 1. The summed E-state index contributed by atoms with van der Waals surface area (Å²) >= 11 is 0. The highest BCUT2D eigenvalue weighted by atomic mass is 16.5. The van der Waals surface area contributed by atoms with Crippen LogP contribution in [0.5, 0.6) is 11.5 Å². The lowest BCUT2D eigenvalue weighted by Gasteiger charge is -2.28. The molecule has 0 spiro atoms. The fourth-order valence-electron chi connectivity index (χ4n) is 4.87. The number of nitrogens with zero attached hydrogens (tertiary/aromatic N) is 2. The van der Waals surface area contributed by atoms with Crippen molar-refractivity contribution in [1.82, 2.24) is 9.80 Å². The van der Waals surface area contributed by atoms with Gasteiger partial charge in [-0.1, -0.05) is 55.8 Å². The molecule has 0 aliphatic carbocycles. The Hall–Kier alpha value is -4.10. The number of rotatable bonds is 11. The molecule has 0 unspecified atom stereocenters. The van der Waals surface area contributed by atoms with E-state index in [0.717, 1.165) is 29.8 Å². The van der Waals surface area contributed by atoms with Gasteiger partial charge in [0.25, 0.3) is 11.7 Å². The number of hydrogen-bond acceptors (Lipinski definition) is 6. The molecule has 0 aromatic heterocycles. The van der Waals surface area contributed by atoms with Gasteiger partial charge in [-0.2, -0.15) is 0 Å². The van der Waals surface area contributed by atoms with E-state index in [1.165, 1.54) is 0 Å². The van der Waals surface area contributed by atoms with Crippen molar-refractivity contribution in [2.75, 3.05) is 33.3 Å². The van der Waals surface area contributed by atoms with Crippen molar-refractivity contribution in [1.29, 1.82) is 0 Å². The van der Waals surface area contributed by atoms with Crippen LogP contribution in [0.25, 0.3) is 5.76 Å². The van der Waals surface area contributed by atoms with Crippen molar-refractivity contribution in [2.24, 2.45) is 0 Å². The Kier molecular flexibility index (Phi) is 9.04. The third-order valence-electron chi connectivity index (χ3n) is 7.14. The topological polar surface area (TPSA) is 79.3 Å². The first-order valence-corrected chi connectivity index (χ1v) is 13.3. The number of ketones is 1. The molecule has 1 N–H and O–H groups in total. The van der Waals surface area contributed by atoms with E-state index in [2.05, 4.69) is 24.8 Å². The van der Waals surface area contributed by atoms with Gasteiger partial charge in [0.05, 0.1) is 18.7 Å². The molecule has 0 saturated carbocycles. The molecule has 1 atom stereocenters. The van der Waals surface area contributed by atoms with E-state index in [-0.39, 0.29) is 11.3 Å². The van der Waals surface area contributed by atoms with E-state index in [0.29, 0.717) is 36.8 Å². The highest BCUT2D eigenvalue weighted by Crippen LogP contribution is 2.40. The zero-order valence-corrected chi connectivity index (χ0v) is 23.0. The van der Waals surface area contributed by atoms with Crippen molar-refractivity contribution in [2.45, 2.75) is 33.4 Å². The summed E-state index contributed by atoms with van der Waals surface area (Å²) in [6.07, 6.45) is 0. The summed E-state index contributed by atoms with van der Waals surface area (Å²) in [5.41, 5.74) is 3.48. The first kappa shape index (κ1) is 27.9. The van der Waals surface area contributed by atoms with Gasteiger partial charge in [-0.25, -0.2) is 0 Å². The lowest BCUT2D eigenvalue weighted by molar-refractivity contribution is -0.140. The molecule has 0 radical (unpaired) electrons. The molecule has 1 amide bonds. The molecule has 1 fully saturated rings. The Morgan fingerprint density at radius 3 is 2.23 bits per heavy atom. The van der Waals surface area contributed by atoms with Gasteiger partial charge >= 0.3 is 0 Å². The number of ether oxygens (including phenoxy) is 2. The normalized spacial score (nSPS) is 16.6. The molecule has 4 rings (SSSR count). The predicted molar refractivity (Wildman–Crippen MR) is 152 cm³/mol. The molecule has 1 aliphatic heterocycles. The minimum Gasteiger partial charge on any atom is -0.507 e. The van der Waals surface area contributed by atoms with Gasteiger partial charge in [0.1, 0.15) is 23.9 Å². The van der Waals surface area contributed by atoms with Gasteiger partial charge in [0, 0.05) is 18.7 Å². The van der Waals surface area contributed by atoms with Crippen molar-refractivity contribution in [3.63, 3.8) is 0 Å². The number of likely N-dealkylation sites (N-methyl/N-ethyl adjacent to an activating group) is 1. The van der Waals surface area contributed by atoms with Crippen LogP contribution in [0, 0.1) is 6.92 Å². The van der Waals surface area contributed by atoms with Gasteiger partial charge < -0.3 is 24.4 Å². The van der Waals surface area contributed by atoms with E-state index in [9.17, 15) is 14.7 Å². The Labute approximate surface area is 230 Å². The average Bonchev–Trinajstić information content (AvgIpc) is 3.21. The third-order valence-corrected chi connectivity index (χ3v) is 7.14. The monoisotopic (exact) mass is 528 g/mol. The number of benzene rings is 3. The van der Waals surface area contributed by atoms with Crippen molar-refractivity contribution < 1.29 is 24.2 Å². The molecule has 7 heteroatoms. The van der Waals surface area contributed by atoms with Crippen molar-refractivity contribution >= 4 is 17.4 Å². The maximum atomic E-state index is 13.3. The van der Waals surface area contributed by atoms with Gasteiger partial charge in [-0.15, -0.1) is 0 Å². The van der Waals surface area contributed by atoms with Gasteiger partial charge in [0.15, 0.2) is 0 Å². The standard InChI is InChI=1S/C32H36N2O5/c1-5-33(6-2)18-19-34-29(24-10-14-26(38-4)15-11-24)28(31(36)32(34)37)30(35)25-12-16-27(17-13-25)39-21-23-9-7-8-22(3)20-23/h7-17,20,29,35H,5-6,18-19,21H2,1-4H3/t29-/m0/s1. The molecule has 39 heavy (non-hydrogen) atoms. The first-order valence-electron chi connectivity index (χ1n) is 13.3. The molecular formula is C32H36N2O5. The van der Waals surface area contributed by atoms with Crippen molar-refractivity contribution in [3.05, 3.63) is 101 Å². The van der Waals surface area contributed by atoms with E-state index in [4.69, 9.17) is 9.47 Å². The predicted octanol–water partition coefficient (Wildman–Crippen LogP) is 5.35. The van der Waals surface area contributed by atoms with E-state index < -0.39 is 17.7 Å². The number of aliphatic hydroxyl groups is 1.